The van der Waals surface area contributed by atoms with E-state index >= 15 is 0 Å². The molecule has 0 radical (unpaired) electrons. The molecule has 0 aliphatic carbocycles. The monoisotopic (exact) mass is 422 g/mol. The van der Waals surface area contributed by atoms with Gasteiger partial charge in [0, 0.05) is 19.3 Å². The second kappa shape index (κ2) is 11.9. The molecule has 0 spiro atoms. The Morgan fingerprint density at radius 3 is 2.29 bits per heavy atom. The summed E-state index contributed by atoms with van der Waals surface area (Å²) in [7, 11) is 1.98. The number of rotatable bonds is 12. The van der Waals surface area contributed by atoms with Gasteiger partial charge >= 0.3 is 0 Å². The van der Waals surface area contributed by atoms with Gasteiger partial charge in [0.05, 0.1) is 12.3 Å². The third-order valence-corrected chi connectivity index (χ3v) is 4.59. The molecule has 1 atom stereocenters. The van der Waals surface area contributed by atoms with Crippen molar-refractivity contribution in [2.45, 2.75) is 26.2 Å². The molecule has 1 heterocycles. The van der Waals surface area contributed by atoms with Crippen molar-refractivity contribution >= 4 is 0 Å². The van der Waals surface area contributed by atoms with E-state index in [0.29, 0.717) is 37.8 Å². The number of pyridine rings is 1. The number of likely N-dealkylation sites (N-methyl/N-ethyl adjacent to an activating group) is 1. The number of aromatic nitrogens is 1. The third kappa shape index (κ3) is 7.59. The van der Waals surface area contributed by atoms with Crippen LogP contribution in [0.2, 0.25) is 0 Å². The maximum atomic E-state index is 10.4. The molecule has 1 unspecified atom stereocenters. The Kier molecular flexibility index (Phi) is 8.70. The van der Waals surface area contributed by atoms with Crippen LogP contribution >= 0.6 is 0 Å². The minimum Gasteiger partial charge on any atom is -0.490 e. The van der Waals surface area contributed by atoms with Gasteiger partial charge in [0.15, 0.2) is 11.5 Å². The van der Waals surface area contributed by atoms with Gasteiger partial charge in [-0.3, -0.25) is 9.88 Å². The van der Waals surface area contributed by atoms with E-state index in [1.54, 1.807) is 6.20 Å². The second-order valence-electron chi connectivity index (χ2n) is 7.30. The molecular weight excluding hydrogens is 392 g/mol. The molecule has 0 aliphatic heterocycles. The largest absolute Gasteiger partial charge is 0.490 e. The Morgan fingerprint density at radius 1 is 0.903 bits per heavy atom. The molecule has 0 saturated carbocycles. The van der Waals surface area contributed by atoms with Crippen molar-refractivity contribution < 1.29 is 19.3 Å². The first-order chi connectivity index (χ1) is 15.1. The Morgan fingerprint density at radius 2 is 1.61 bits per heavy atom. The minimum atomic E-state index is -0.610. The molecule has 6 heteroatoms. The van der Waals surface area contributed by atoms with Crippen LogP contribution in [0.1, 0.15) is 18.2 Å². The van der Waals surface area contributed by atoms with Crippen molar-refractivity contribution in [3.05, 3.63) is 84.2 Å². The van der Waals surface area contributed by atoms with Crippen LogP contribution in [0, 0.1) is 0 Å². The van der Waals surface area contributed by atoms with Gasteiger partial charge < -0.3 is 19.3 Å². The fourth-order valence-electron chi connectivity index (χ4n) is 3.15. The smallest absolute Gasteiger partial charge is 0.161 e. The number of ether oxygens (including phenoxy) is 3. The quantitative estimate of drug-likeness (QED) is 0.477. The van der Waals surface area contributed by atoms with Gasteiger partial charge in [-0.1, -0.05) is 30.3 Å². The summed E-state index contributed by atoms with van der Waals surface area (Å²) in [6.07, 6.45) is 1.15. The summed E-state index contributed by atoms with van der Waals surface area (Å²) in [6, 6.07) is 21.2. The Bertz CT molecular complexity index is 903. The molecule has 0 amide bonds. The van der Waals surface area contributed by atoms with Crippen LogP contribution in [-0.2, 0) is 13.2 Å². The van der Waals surface area contributed by atoms with E-state index in [9.17, 15) is 5.11 Å². The number of hydrogen-bond donors (Lipinski definition) is 1. The van der Waals surface area contributed by atoms with E-state index in [4.69, 9.17) is 14.2 Å². The summed E-state index contributed by atoms with van der Waals surface area (Å²) < 4.78 is 17.1. The average molecular weight is 423 g/mol. The molecule has 3 rings (SSSR count). The number of para-hydroxylation sites is 2. The highest BCUT2D eigenvalue weighted by Gasteiger charge is 2.12. The molecule has 164 valence electrons. The van der Waals surface area contributed by atoms with Gasteiger partial charge in [0.25, 0.3) is 0 Å². The van der Waals surface area contributed by atoms with E-state index in [2.05, 4.69) is 9.88 Å². The molecule has 1 aromatic heterocycles. The summed E-state index contributed by atoms with van der Waals surface area (Å²) in [6.45, 7) is 4.35. The first-order valence-electron chi connectivity index (χ1n) is 10.5. The highest BCUT2D eigenvalue weighted by molar-refractivity contribution is 5.39. The zero-order valence-corrected chi connectivity index (χ0v) is 18.1. The van der Waals surface area contributed by atoms with Crippen molar-refractivity contribution in [1.82, 2.24) is 9.88 Å². The van der Waals surface area contributed by atoms with Crippen molar-refractivity contribution in [2.24, 2.45) is 0 Å². The molecule has 31 heavy (non-hydrogen) atoms. The van der Waals surface area contributed by atoms with Crippen molar-refractivity contribution in [3.8, 4) is 17.2 Å². The standard InChI is InChI=1S/C25H30N2O4/c1-3-29-24-9-4-5-10-25(24)31-19-22(28)17-27(2)16-20-11-13-23(14-12-20)30-18-21-8-6-7-15-26-21/h4-15,22,28H,3,16-19H2,1-2H3. The topological polar surface area (TPSA) is 64.0 Å². The zero-order valence-electron chi connectivity index (χ0n) is 18.1. The summed E-state index contributed by atoms with van der Waals surface area (Å²) in [4.78, 5) is 6.32. The predicted octanol–water partition coefficient (Wildman–Crippen LogP) is 3.93. The average Bonchev–Trinajstić information content (AvgIpc) is 2.79. The first kappa shape index (κ1) is 22.6. The molecule has 0 fully saturated rings. The van der Waals surface area contributed by atoms with Gasteiger partial charge in [-0.15, -0.1) is 0 Å². The molecular formula is C25H30N2O4. The highest BCUT2D eigenvalue weighted by atomic mass is 16.5. The van der Waals surface area contributed by atoms with Gasteiger partial charge in [-0.05, 0) is 55.9 Å². The molecule has 2 aromatic carbocycles. The van der Waals surface area contributed by atoms with Crippen LogP contribution in [0.3, 0.4) is 0 Å². The summed E-state index contributed by atoms with van der Waals surface area (Å²) >= 11 is 0. The van der Waals surface area contributed by atoms with E-state index in [1.165, 1.54) is 0 Å². The maximum Gasteiger partial charge on any atom is 0.161 e. The number of nitrogens with zero attached hydrogens (tertiary/aromatic N) is 2. The number of benzene rings is 2. The van der Waals surface area contributed by atoms with Gasteiger partial charge in [-0.25, -0.2) is 0 Å². The zero-order chi connectivity index (χ0) is 21.9. The Hall–Kier alpha value is -3.09. The minimum absolute atomic E-state index is 0.203. The van der Waals surface area contributed by atoms with E-state index in [-0.39, 0.29) is 6.61 Å². The Balaban J connectivity index is 1.42. The second-order valence-corrected chi connectivity index (χ2v) is 7.30. The van der Waals surface area contributed by atoms with Gasteiger partial charge in [-0.2, -0.15) is 0 Å². The first-order valence-corrected chi connectivity index (χ1v) is 10.5. The SMILES string of the molecule is CCOc1ccccc1OCC(O)CN(C)Cc1ccc(OCc2ccccn2)cc1. The molecule has 0 aliphatic rings. The van der Waals surface area contributed by atoms with Crippen molar-refractivity contribution in [3.63, 3.8) is 0 Å². The van der Waals surface area contributed by atoms with Crippen LogP contribution in [0.25, 0.3) is 0 Å². The molecule has 6 nitrogen and oxygen atoms in total. The van der Waals surface area contributed by atoms with Crippen LogP contribution in [0.15, 0.2) is 72.9 Å². The number of aliphatic hydroxyl groups excluding tert-OH is 1. The summed E-state index contributed by atoms with van der Waals surface area (Å²) in [5, 5.41) is 10.4. The lowest BCUT2D eigenvalue weighted by Crippen LogP contribution is -2.32. The normalized spacial score (nSPS) is 11.9. The molecule has 3 aromatic rings. The lowest BCUT2D eigenvalue weighted by atomic mass is 10.2. The van der Waals surface area contributed by atoms with Crippen LogP contribution < -0.4 is 14.2 Å². The van der Waals surface area contributed by atoms with Crippen LogP contribution in [-0.4, -0.2) is 47.9 Å². The molecule has 1 N–H and O–H groups in total. The number of hydrogen-bond acceptors (Lipinski definition) is 6. The molecule has 0 bridgehead atoms. The summed E-state index contributed by atoms with van der Waals surface area (Å²) in [5.41, 5.74) is 2.04. The summed E-state index contributed by atoms with van der Waals surface area (Å²) in [5.74, 6) is 2.14. The Labute approximate surface area is 184 Å². The predicted molar refractivity (Wildman–Crippen MR) is 120 cm³/mol. The van der Waals surface area contributed by atoms with Gasteiger partial charge in [0.2, 0.25) is 0 Å². The fourth-order valence-corrected chi connectivity index (χ4v) is 3.15. The number of aliphatic hydroxyl groups is 1. The fraction of sp³-hybridized carbons (Fsp3) is 0.320. The van der Waals surface area contributed by atoms with Gasteiger partial charge in [0.1, 0.15) is 25.1 Å². The highest BCUT2D eigenvalue weighted by Crippen LogP contribution is 2.26. The maximum absolute atomic E-state index is 10.4. The third-order valence-electron chi connectivity index (χ3n) is 4.59. The molecule has 0 saturated heterocycles. The van der Waals surface area contributed by atoms with Crippen LogP contribution in [0.5, 0.6) is 17.2 Å². The van der Waals surface area contributed by atoms with Crippen LogP contribution in [0.4, 0.5) is 0 Å². The lowest BCUT2D eigenvalue weighted by Gasteiger charge is -2.21. The lowest BCUT2D eigenvalue weighted by molar-refractivity contribution is 0.0730. The van der Waals surface area contributed by atoms with Crippen molar-refractivity contribution in [1.29, 1.82) is 0 Å². The van der Waals surface area contributed by atoms with Crippen molar-refractivity contribution in [2.75, 3.05) is 26.8 Å². The van der Waals surface area contributed by atoms with E-state index in [0.717, 1.165) is 17.0 Å². The van der Waals surface area contributed by atoms with E-state index in [1.807, 2.05) is 80.7 Å². The van der Waals surface area contributed by atoms with E-state index < -0.39 is 6.10 Å².